The van der Waals surface area contributed by atoms with Crippen LogP contribution in [0.25, 0.3) is 0 Å². The number of carbonyl (C=O) groups is 3. The first-order valence-electron chi connectivity index (χ1n) is 8.05. The van der Waals surface area contributed by atoms with Gasteiger partial charge in [-0.1, -0.05) is 24.3 Å². The lowest BCUT2D eigenvalue weighted by molar-refractivity contribution is 0.0315. The first kappa shape index (κ1) is 16.4. The van der Waals surface area contributed by atoms with Crippen LogP contribution in [0.15, 0.2) is 30.3 Å². The summed E-state index contributed by atoms with van der Waals surface area (Å²) in [5.74, 6) is -0.649. The normalized spacial score (nSPS) is 20.4. The summed E-state index contributed by atoms with van der Waals surface area (Å²) in [6, 6.07) is 7.95. The van der Waals surface area contributed by atoms with Crippen LogP contribution >= 0.6 is 0 Å². The van der Waals surface area contributed by atoms with Gasteiger partial charge in [0.15, 0.2) is 11.6 Å². The number of rotatable bonds is 2. The Morgan fingerprint density at radius 2 is 1.77 bits per heavy atom. The zero-order chi connectivity index (χ0) is 18.6. The number of benzene rings is 2. The molecule has 2 aromatic carbocycles. The fourth-order valence-corrected chi connectivity index (χ4v) is 3.77. The quantitative estimate of drug-likeness (QED) is 0.631. The molecule has 0 spiro atoms. The van der Waals surface area contributed by atoms with Gasteiger partial charge in [-0.15, -0.1) is 0 Å². The number of amides is 1. The van der Waals surface area contributed by atoms with Gasteiger partial charge in [-0.25, -0.2) is 4.79 Å². The number of ether oxygens (including phenoxy) is 1. The third kappa shape index (κ3) is 2.25. The molecule has 7 heteroatoms. The number of nitrogens with two attached hydrogens (primary N) is 1. The highest BCUT2D eigenvalue weighted by Gasteiger charge is 2.40. The molecule has 4 rings (SSSR count). The van der Waals surface area contributed by atoms with Crippen LogP contribution in [0.5, 0.6) is 0 Å². The van der Waals surface area contributed by atoms with E-state index < -0.39 is 18.3 Å². The lowest BCUT2D eigenvalue weighted by Gasteiger charge is -2.22. The minimum absolute atomic E-state index is 0.0322. The van der Waals surface area contributed by atoms with Crippen molar-refractivity contribution in [3.05, 3.63) is 69.3 Å². The van der Waals surface area contributed by atoms with E-state index in [0.717, 1.165) is 0 Å². The SMILES string of the molecule is NC(=O)OCc1cc2c(c3c1C(O)C(O)C3)C(=O)c1ccccc1C2=O. The summed E-state index contributed by atoms with van der Waals surface area (Å²) in [6.45, 7) is -0.266. The number of ketones is 2. The Morgan fingerprint density at radius 3 is 2.42 bits per heavy atom. The minimum Gasteiger partial charge on any atom is -0.445 e. The number of hydrogen-bond acceptors (Lipinski definition) is 6. The van der Waals surface area contributed by atoms with Crippen LogP contribution in [-0.2, 0) is 17.8 Å². The zero-order valence-corrected chi connectivity index (χ0v) is 13.6. The Labute approximate surface area is 148 Å². The zero-order valence-electron chi connectivity index (χ0n) is 13.6. The molecule has 2 aliphatic carbocycles. The molecule has 0 saturated carbocycles. The molecule has 4 N–H and O–H groups in total. The molecule has 0 bridgehead atoms. The van der Waals surface area contributed by atoms with Crippen molar-refractivity contribution >= 4 is 17.7 Å². The molecule has 7 nitrogen and oxygen atoms in total. The molecule has 0 heterocycles. The molecule has 2 unspecified atom stereocenters. The topological polar surface area (TPSA) is 127 Å². The highest BCUT2D eigenvalue weighted by molar-refractivity contribution is 6.29. The summed E-state index contributed by atoms with van der Waals surface area (Å²) < 4.78 is 4.81. The van der Waals surface area contributed by atoms with E-state index in [1.807, 2.05) is 0 Å². The molecule has 0 aliphatic heterocycles. The molecular weight excluding hydrogens is 338 g/mol. The summed E-state index contributed by atoms with van der Waals surface area (Å²) in [5.41, 5.74) is 7.05. The Bertz CT molecular complexity index is 980. The maximum Gasteiger partial charge on any atom is 0.404 e. The Hall–Kier alpha value is -3.03. The predicted molar refractivity (Wildman–Crippen MR) is 88.8 cm³/mol. The van der Waals surface area contributed by atoms with Crippen LogP contribution in [0.1, 0.15) is 54.6 Å². The molecule has 132 valence electrons. The minimum atomic E-state index is -1.23. The van der Waals surface area contributed by atoms with Crippen molar-refractivity contribution in [3.63, 3.8) is 0 Å². The molecule has 0 aromatic heterocycles. The average Bonchev–Trinajstić information content (AvgIpc) is 2.92. The molecular formula is C19H15NO6. The van der Waals surface area contributed by atoms with Crippen LogP contribution in [0, 0.1) is 0 Å². The maximum absolute atomic E-state index is 13.0. The van der Waals surface area contributed by atoms with E-state index >= 15 is 0 Å². The van der Waals surface area contributed by atoms with Crippen molar-refractivity contribution in [1.29, 1.82) is 0 Å². The second-order valence-corrected chi connectivity index (χ2v) is 6.38. The van der Waals surface area contributed by atoms with E-state index in [9.17, 15) is 24.6 Å². The van der Waals surface area contributed by atoms with Crippen molar-refractivity contribution in [2.75, 3.05) is 0 Å². The average molecular weight is 353 g/mol. The van der Waals surface area contributed by atoms with Crippen LogP contribution in [0.3, 0.4) is 0 Å². The van der Waals surface area contributed by atoms with Gasteiger partial charge < -0.3 is 20.7 Å². The van der Waals surface area contributed by atoms with E-state index in [2.05, 4.69) is 0 Å². The van der Waals surface area contributed by atoms with Crippen molar-refractivity contribution < 1.29 is 29.3 Å². The van der Waals surface area contributed by atoms with Gasteiger partial charge in [0.1, 0.15) is 12.7 Å². The highest BCUT2D eigenvalue weighted by Crippen LogP contribution is 2.41. The summed E-state index contributed by atoms with van der Waals surface area (Å²) in [5, 5.41) is 20.4. The Kier molecular flexibility index (Phi) is 3.64. The number of primary amides is 1. The van der Waals surface area contributed by atoms with Crippen molar-refractivity contribution in [2.45, 2.75) is 25.2 Å². The first-order valence-corrected chi connectivity index (χ1v) is 8.05. The number of carbonyl (C=O) groups excluding carboxylic acids is 3. The molecule has 2 aliphatic rings. The van der Waals surface area contributed by atoms with E-state index in [1.165, 1.54) is 6.07 Å². The molecule has 2 aromatic rings. The molecule has 26 heavy (non-hydrogen) atoms. The lowest BCUT2D eigenvalue weighted by Crippen LogP contribution is -2.24. The molecule has 2 atom stereocenters. The van der Waals surface area contributed by atoms with Gasteiger partial charge in [0.05, 0.1) is 6.10 Å². The van der Waals surface area contributed by atoms with E-state index in [0.29, 0.717) is 27.8 Å². The van der Waals surface area contributed by atoms with E-state index in [1.54, 1.807) is 24.3 Å². The molecule has 0 saturated heterocycles. The highest BCUT2D eigenvalue weighted by atomic mass is 16.5. The molecule has 0 fully saturated rings. The summed E-state index contributed by atoms with van der Waals surface area (Å²) in [6.07, 6.45) is -3.31. The van der Waals surface area contributed by atoms with Gasteiger partial charge in [-0.05, 0) is 22.8 Å². The van der Waals surface area contributed by atoms with Crippen LogP contribution in [0.4, 0.5) is 4.79 Å². The standard InChI is InChI=1S/C19H15NO6/c20-19(25)26-7-8-5-12-15(11-6-13(21)18(24)14(8)11)17(23)10-4-2-1-3-9(10)16(12)22/h1-5,13,18,21,24H,6-7H2,(H2,20,25). The lowest BCUT2D eigenvalue weighted by atomic mass is 9.79. The third-order valence-corrected chi connectivity index (χ3v) is 4.89. The van der Waals surface area contributed by atoms with Gasteiger partial charge >= 0.3 is 6.09 Å². The van der Waals surface area contributed by atoms with E-state index in [-0.39, 0.29) is 35.7 Å². The third-order valence-electron chi connectivity index (χ3n) is 4.89. The fraction of sp³-hybridized carbons (Fsp3) is 0.211. The molecule has 1 amide bonds. The van der Waals surface area contributed by atoms with Crippen LogP contribution in [0.2, 0.25) is 0 Å². The molecule has 0 radical (unpaired) electrons. The second-order valence-electron chi connectivity index (χ2n) is 6.38. The Morgan fingerprint density at radius 1 is 1.12 bits per heavy atom. The number of fused-ring (bicyclic) bond motifs is 4. The van der Waals surface area contributed by atoms with Gasteiger partial charge in [0, 0.05) is 28.7 Å². The van der Waals surface area contributed by atoms with Gasteiger partial charge in [0.2, 0.25) is 0 Å². The van der Waals surface area contributed by atoms with Crippen molar-refractivity contribution in [1.82, 2.24) is 0 Å². The van der Waals surface area contributed by atoms with Gasteiger partial charge in [-0.2, -0.15) is 0 Å². The number of hydrogen-bond donors (Lipinski definition) is 3. The van der Waals surface area contributed by atoms with Gasteiger partial charge in [-0.3, -0.25) is 9.59 Å². The van der Waals surface area contributed by atoms with Crippen molar-refractivity contribution in [2.24, 2.45) is 5.73 Å². The van der Waals surface area contributed by atoms with Crippen molar-refractivity contribution in [3.8, 4) is 0 Å². The summed E-state index contributed by atoms with van der Waals surface area (Å²) in [7, 11) is 0. The number of aliphatic hydroxyl groups is 2. The van der Waals surface area contributed by atoms with E-state index in [4.69, 9.17) is 10.5 Å². The van der Waals surface area contributed by atoms with Gasteiger partial charge in [0.25, 0.3) is 0 Å². The monoisotopic (exact) mass is 353 g/mol. The summed E-state index contributed by atoms with van der Waals surface area (Å²) >= 11 is 0. The summed E-state index contributed by atoms with van der Waals surface area (Å²) in [4.78, 5) is 36.8. The second kappa shape index (κ2) is 5.76. The largest absolute Gasteiger partial charge is 0.445 e. The first-order chi connectivity index (χ1) is 12.4. The Balaban J connectivity index is 1.96. The number of aliphatic hydroxyl groups excluding tert-OH is 2. The predicted octanol–water partition coefficient (Wildman–Crippen LogP) is 1.01. The smallest absolute Gasteiger partial charge is 0.404 e. The fourth-order valence-electron chi connectivity index (χ4n) is 3.77. The van der Waals surface area contributed by atoms with Crippen LogP contribution in [-0.4, -0.2) is 34.0 Å². The maximum atomic E-state index is 13.0. The van der Waals surface area contributed by atoms with Crippen LogP contribution < -0.4 is 5.73 Å².